The molecule has 0 spiro atoms. The standard InChI is InChI=1S/C16H20ClN3O2/c1-20-11-12(10-19-20)3-2-8-18-16(22)9-15(21)13-4-6-14(17)7-5-13/h4-7,10-11,15,21H,2-3,8-9H2,1H3,(H,18,22). The van der Waals surface area contributed by atoms with Crippen molar-refractivity contribution >= 4 is 17.5 Å². The average Bonchev–Trinajstić information content (AvgIpc) is 2.90. The minimum absolute atomic E-state index is 0.0501. The number of aromatic nitrogens is 2. The summed E-state index contributed by atoms with van der Waals surface area (Å²) in [4.78, 5) is 11.8. The van der Waals surface area contributed by atoms with E-state index in [4.69, 9.17) is 11.6 Å². The van der Waals surface area contributed by atoms with E-state index in [1.54, 1.807) is 28.9 Å². The molecule has 0 fully saturated rings. The first kappa shape index (κ1) is 16.5. The van der Waals surface area contributed by atoms with Crippen LogP contribution in [0.15, 0.2) is 36.7 Å². The number of aryl methyl sites for hydroxylation is 2. The number of amides is 1. The van der Waals surface area contributed by atoms with Gasteiger partial charge in [-0.2, -0.15) is 5.10 Å². The van der Waals surface area contributed by atoms with E-state index < -0.39 is 6.10 Å². The van der Waals surface area contributed by atoms with E-state index >= 15 is 0 Å². The number of carbonyl (C=O) groups excluding carboxylic acids is 1. The molecular weight excluding hydrogens is 302 g/mol. The van der Waals surface area contributed by atoms with Crippen LogP contribution >= 0.6 is 11.6 Å². The highest BCUT2D eigenvalue weighted by molar-refractivity contribution is 6.30. The zero-order chi connectivity index (χ0) is 15.9. The van der Waals surface area contributed by atoms with Crippen molar-refractivity contribution in [1.82, 2.24) is 15.1 Å². The first-order valence-electron chi connectivity index (χ1n) is 7.22. The molecule has 1 amide bonds. The maximum absolute atomic E-state index is 11.8. The zero-order valence-corrected chi connectivity index (χ0v) is 13.3. The third kappa shape index (κ3) is 5.16. The summed E-state index contributed by atoms with van der Waals surface area (Å²) >= 11 is 5.79. The number of benzene rings is 1. The summed E-state index contributed by atoms with van der Waals surface area (Å²) in [6.07, 6.45) is 4.74. The maximum Gasteiger partial charge on any atom is 0.222 e. The van der Waals surface area contributed by atoms with Crippen molar-refractivity contribution in [3.63, 3.8) is 0 Å². The number of hydrogen-bond donors (Lipinski definition) is 2. The lowest BCUT2D eigenvalue weighted by Gasteiger charge is -2.11. The third-order valence-electron chi connectivity index (χ3n) is 3.36. The summed E-state index contributed by atoms with van der Waals surface area (Å²) in [6.45, 7) is 0.584. The van der Waals surface area contributed by atoms with Crippen LogP contribution in [0.2, 0.25) is 5.02 Å². The van der Waals surface area contributed by atoms with Gasteiger partial charge in [0.2, 0.25) is 5.91 Å². The molecule has 1 unspecified atom stereocenters. The summed E-state index contributed by atoms with van der Waals surface area (Å²) in [6, 6.07) is 6.85. The molecule has 0 saturated heterocycles. The quantitative estimate of drug-likeness (QED) is 0.769. The van der Waals surface area contributed by atoms with Crippen molar-refractivity contribution in [2.75, 3.05) is 6.54 Å². The molecule has 0 saturated carbocycles. The number of halogens is 1. The highest BCUT2D eigenvalue weighted by Gasteiger charge is 2.12. The summed E-state index contributed by atoms with van der Waals surface area (Å²) < 4.78 is 1.76. The fourth-order valence-electron chi connectivity index (χ4n) is 2.17. The summed E-state index contributed by atoms with van der Waals surface area (Å²) in [7, 11) is 1.88. The number of rotatable bonds is 7. The molecule has 0 radical (unpaired) electrons. The summed E-state index contributed by atoms with van der Waals surface area (Å²) in [5.41, 5.74) is 1.84. The lowest BCUT2D eigenvalue weighted by molar-refractivity contribution is -0.123. The van der Waals surface area contributed by atoms with Crippen molar-refractivity contribution in [2.45, 2.75) is 25.4 Å². The normalized spacial score (nSPS) is 12.1. The van der Waals surface area contributed by atoms with Crippen molar-refractivity contribution in [2.24, 2.45) is 7.05 Å². The molecule has 1 aromatic carbocycles. The molecule has 1 heterocycles. The molecule has 2 aromatic rings. The molecule has 0 aliphatic carbocycles. The number of carbonyl (C=O) groups is 1. The number of nitrogens with zero attached hydrogens (tertiary/aromatic N) is 2. The molecule has 6 heteroatoms. The molecule has 5 nitrogen and oxygen atoms in total. The second-order valence-corrected chi connectivity index (χ2v) is 5.68. The van der Waals surface area contributed by atoms with Gasteiger partial charge >= 0.3 is 0 Å². The smallest absolute Gasteiger partial charge is 0.222 e. The van der Waals surface area contributed by atoms with Gasteiger partial charge in [0.05, 0.1) is 18.7 Å². The minimum Gasteiger partial charge on any atom is -0.388 e. The monoisotopic (exact) mass is 321 g/mol. The van der Waals surface area contributed by atoms with Gasteiger partial charge in [0.25, 0.3) is 0 Å². The Labute approximate surface area is 134 Å². The van der Waals surface area contributed by atoms with Gasteiger partial charge in [-0.3, -0.25) is 9.48 Å². The highest BCUT2D eigenvalue weighted by atomic mass is 35.5. The third-order valence-corrected chi connectivity index (χ3v) is 3.61. The lowest BCUT2D eigenvalue weighted by Crippen LogP contribution is -2.26. The Kier molecular flexibility index (Phi) is 5.98. The van der Waals surface area contributed by atoms with Gasteiger partial charge in [-0.1, -0.05) is 23.7 Å². The van der Waals surface area contributed by atoms with Gasteiger partial charge in [0.1, 0.15) is 0 Å². The first-order valence-corrected chi connectivity index (χ1v) is 7.60. The second kappa shape index (κ2) is 7.96. The second-order valence-electron chi connectivity index (χ2n) is 5.25. The van der Waals surface area contributed by atoms with Crippen LogP contribution in [0.3, 0.4) is 0 Å². The van der Waals surface area contributed by atoms with Crippen molar-refractivity contribution < 1.29 is 9.90 Å². The van der Waals surface area contributed by atoms with Crippen LogP contribution in [0.5, 0.6) is 0 Å². The van der Waals surface area contributed by atoms with Crippen LogP contribution in [0.4, 0.5) is 0 Å². The van der Waals surface area contributed by atoms with E-state index in [9.17, 15) is 9.90 Å². The molecule has 1 aromatic heterocycles. The van der Waals surface area contributed by atoms with E-state index in [1.807, 2.05) is 19.4 Å². The molecule has 2 rings (SSSR count). The van der Waals surface area contributed by atoms with Crippen LogP contribution in [-0.2, 0) is 18.3 Å². The fourth-order valence-corrected chi connectivity index (χ4v) is 2.30. The van der Waals surface area contributed by atoms with Crippen LogP contribution in [0, 0.1) is 0 Å². The van der Waals surface area contributed by atoms with Crippen LogP contribution in [0.25, 0.3) is 0 Å². The predicted octanol–water partition coefficient (Wildman–Crippen LogP) is 2.25. The topological polar surface area (TPSA) is 67.2 Å². The highest BCUT2D eigenvalue weighted by Crippen LogP contribution is 2.18. The van der Waals surface area contributed by atoms with Crippen molar-refractivity contribution in [3.05, 3.63) is 52.8 Å². The van der Waals surface area contributed by atoms with Gasteiger partial charge in [-0.15, -0.1) is 0 Å². The van der Waals surface area contributed by atoms with Gasteiger partial charge in [-0.05, 0) is 36.1 Å². The molecule has 0 aliphatic rings. The maximum atomic E-state index is 11.8. The molecule has 118 valence electrons. The minimum atomic E-state index is -0.810. The number of nitrogens with one attached hydrogen (secondary N) is 1. The molecule has 0 aliphatic heterocycles. The van der Waals surface area contributed by atoms with Crippen LogP contribution in [0.1, 0.15) is 30.1 Å². The number of aliphatic hydroxyl groups is 1. The Morgan fingerprint density at radius 2 is 2.14 bits per heavy atom. The predicted molar refractivity (Wildman–Crippen MR) is 85.6 cm³/mol. The van der Waals surface area contributed by atoms with Gasteiger partial charge in [0.15, 0.2) is 0 Å². The molecule has 2 N–H and O–H groups in total. The Morgan fingerprint density at radius 1 is 1.41 bits per heavy atom. The average molecular weight is 322 g/mol. The molecule has 0 bridgehead atoms. The van der Waals surface area contributed by atoms with E-state index in [0.717, 1.165) is 18.4 Å². The van der Waals surface area contributed by atoms with Crippen LogP contribution < -0.4 is 5.32 Å². The van der Waals surface area contributed by atoms with Crippen molar-refractivity contribution in [3.8, 4) is 0 Å². The van der Waals surface area contributed by atoms with Crippen LogP contribution in [-0.4, -0.2) is 27.3 Å². The Morgan fingerprint density at radius 3 is 2.77 bits per heavy atom. The Bertz CT molecular complexity index is 610. The van der Waals surface area contributed by atoms with Gasteiger partial charge in [0, 0.05) is 24.8 Å². The first-order chi connectivity index (χ1) is 10.5. The Hall–Kier alpha value is -1.85. The van der Waals surface area contributed by atoms with Gasteiger partial charge < -0.3 is 10.4 Å². The summed E-state index contributed by atoms with van der Waals surface area (Å²) in [5, 5.41) is 17.5. The van der Waals surface area contributed by atoms with E-state index in [0.29, 0.717) is 17.1 Å². The molecule has 22 heavy (non-hydrogen) atoms. The van der Waals surface area contributed by atoms with E-state index in [-0.39, 0.29) is 12.3 Å². The largest absolute Gasteiger partial charge is 0.388 e. The Balaban J connectivity index is 1.68. The SMILES string of the molecule is Cn1cc(CCCNC(=O)CC(O)c2ccc(Cl)cc2)cn1. The molecule has 1 atom stereocenters. The van der Waals surface area contributed by atoms with E-state index in [2.05, 4.69) is 10.4 Å². The molecular formula is C16H20ClN3O2. The van der Waals surface area contributed by atoms with E-state index in [1.165, 1.54) is 0 Å². The van der Waals surface area contributed by atoms with Gasteiger partial charge in [-0.25, -0.2) is 0 Å². The zero-order valence-electron chi connectivity index (χ0n) is 12.5. The lowest BCUT2D eigenvalue weighted by atomic mass is 10.1. The number of hydrogen-bond acceptors (Lipinski definition) is 3. The summed E-state index contributed by atoms with van der Waals surface area (Å²) in [5.74, 6) is -0.159. The fraction of sp³-hybridized carbons (Fsp3) is 0.375. The number of aliphatic hydroxyl groups excluding tert-OH is 1. The van der Waals surface area contributed by atoms with Crippen molar-refractivity contribution in [1.29, 1.82) is 0 Å².